The minimum absolute atomic E-state index is 0.0121. The molecule has 2 aromatic heterocycles. The molecule has 1 aliphatic rings. The van der Waals surface area contributed by atoms with Crippen LogP contribution in [0.1, 0.15) is 47.2 Å². The number of nitrogens with zero attached hydrogens (tertiary/aromatic N) is 3. The van der Waals surface area contributed by atoms with Gasteiger partial charge in [-0.25, -0.2) is 0 Å². The van der Waals surface area contributed by atoms with Gasteiger partial charge in [0.2, 0.25) is 0 Å². The maximum Gasteiger partial charge on any atom is 0.170 e. The fourth-order valence-electron chi connectivity index (χ4n) is 4.54. The van der Waals surface area contributed by atoms with Crippen LogP contribution in [0.15, 0.2) is 54.7 Å². The van der Waals surface area contributed by atoms with Gasteiger partial charge in [-0.3, -0.25) is 4.98 Å². The quantitative estimate of drug-likeness (QED) is 0.548. The number of aryl methyl sites for hydroxylation is 2. The van der Waals surface area contributed by atoms with E-state index in [0.29, 0.717) is 6.61 Å². The van der Waals surface area contributed by atoms with Crippen LogP contribution in [0, 0.1) is 13.8 Å². The van der Waals surface area contributed by atoms with Crippen LogP contribution in [0.25, 0.3) is 5.69 Å². The van der Waals surface area contributed by atoms with E-state index in [0.717, 1.165) is 23.8 Å². The molecular formula is C25H30N4OS. The molecule has 3 heterocycles. The van der Waals surface area contributed by atoms with E-state index in [9.17, 15) is 0 Å². The Labute approximate surface area is 190 Å². The lowest BCUT2D eigenvalue weighted by molar-refractivity contribution is 0.164. The van der Waals surface area contributed by atoms with Gasteiger partial charge in [0, 0.05) is 36.9 Å². The largest absolute Gasteiger partial charge is 0.383 e. The van der Waals surface area contributed by atoms with Gasteiger partial charge in [0.15, 0.2) is 5.11 Å². The molecule has 4 rings (SSSR count). The minimum Gasteiger partial charge on any atom is -0.383 e. The molecule has 1 aromatic carbocycles. The Kier molecular flexibility index (Phi) is 6.39. The summed E-state index contributed by atoms with van der Waals surface area (Å²) >= 11 is 5.74. The van der Waals surface area contributed by atoms with Gasteiger partial charge in [0.25, 0.3) is 0 Å². The van der Waals surface area contributed by atoms with E-state index < -0.39 is 0 Å². The third-order valence-electron chi connectivity index (χ3n) is 6.13. The average molecular weight is 435 g/mol. The number of benzene rings is 1. The molecule has 6 heteroatoms. The van der Waals surface area contributed by atoms with Crippen LogP contribution in [0.5, 0.6) is 0 Å². The molecule has 0 radical (unpaired) electrons. The monoisotopic (exact) mass is 434 g/mol. The summed E-state index contributed by atoms with van der Waals surface area (Å²) in [4.78, 5) is 6.88. The second-order valence-electron chi connectivity index (χ2n) is 7.99. The molecule has 0 spiro atoms. The summed E-state index contributed by atoms with van der Waals surface area (Å²) in [5.74, 6) is 0. The predicted molar refractivity (Wildman–Crippen MR) is 129 cm³/mol. The first kappa shape index (κ1) is 21.5. The van der Waals surface area contributed by atoms with E-state index in [1.165, 1.54) is 28.2 Å². The predicted octanol–water partition coefficient (Wildman–Crippen LogP) is 4.67. The molecule has 31 heavy (non-hydrogen) atoms. The summed E-state index contributed by atoms with van der Waals surface area (Å²) in [5.41, 5.74) is 7.22. The number of hydrogen-bond acceptors (Lipinski definition) is 3. The molecule has 1 fully saturated rings. The lowest BCUT2D eigenvalue weighted by Crippen LogP contribution is -2.32. The first-order chi connectivity index (χ1) is 15.0. The van der Waals surface area contributed by atoms with Crippen LogP contribution in [0.2, 0.25) is 0 Å². The molecule has 0 bridgehead atoms. The Bertz CT molecular complexity index is 1050. The van der Waals surface area contributed by atoms with Gasteiger partial charge < -0.3 is 19.5 Å². The Morgan fingerprint density at radius 3 is 2.55 bits per heavy atom. The van der Waals surface area contributed by atoms with Crippen LogP contribution in [-0.2, 0) is 11.2 Å². The highest BCUT2D eigenvalue weighted by Gasteiger charge is 2.41. The highest BCUT2D eigenvalue weighted by atomic mass is 32.1. The van der Waals surface area contributed by atoms with Crippen molar-refractivity contribution in [2.45, 2.75) is 39.3 Å². The van der Waals surface area contributed by atoms with Gasteiger partial charge in [-0.15, -0.1) is 0 Å². The summed E-state index contributed by atoms with van der Waals surface area (Å²) in [6, 6.07) is 17.2. The van der Waals surface area contributed by atoms with Crippen molar-refractivity contribution in [1.29, 1.82) is 0 Å². The first-order valence-electron chi connectivity index (χ1n) is 10.8. The maximum atomic E-state index is 5.74. The first-order valence-corrected chi connectivity index (χ1v) is 11.2. The van der Waals surface area contributed by atoms with Crippen LogP contribution >= 0.6 is 12.2 Å². The third kappa shape index (κ3) is 4.10. The highest BCUT2D eigenvalue weighted by Crippen LogP contribution is 2.41. The molecule has 1 N–H and O–H groups in total. The maximum absolute atomic E-state index is 5.74. The Balaban J connectivity index is 1.79. The summed E-state index contributed by atoms with van der Waals surface area (Å²) in [6.45, 7) is 7.89. The molecule has 1 aliphatic heterocycles. The third-order valence-corrected chi connectivity index (χ3v) is 6.48. The Morgan fingerprint density at radius 2 is 1.90 bits per heavy atom. The van der Waals surface area contributed by atoms with Crippen molar-refractivity contribution in [2.75, 3.05) is 20.3 Å². The van der Waals surface area contributed by atoms with Crippen molar-refractivity contribution in [3.63, 3.8) is 0 Å². The Hall–Kier alpha value is -2.70. The lowest BCUT2D eigenvalue weighted by Gasteiger charge is -2.28. The molecule has 0 amide bonds. The average Bonchev–Trinajstić information content (AvgIpc) is 3.27. The molecular weight excluding hydrogens is 404 g/mol. The van der Waals surface area contributed by atoms with Gasteiger partial charge >= 0.3 is 0 Å². The molecule has 1 saturated heterocycles. The highest BCUT2D eigenvalue weighted by molar-refractivity contribution is 7.80. The van der Waals surface area contributed by atoms with Crippen molar-refractivity contribution >= 4 is 17.3 Å². The fourth-order valence-corrected chi connectivity index (χ4v) is 4.87. The van der Waals surface area contributed by atoms with Gasteiger partial charge in [0.05, 0.1) is 24.4 Å². The number of aromatic nitrogens is 2. The number of methoxy groups -OCH3 is 1. The normalized spacial score (nSPS) is 18.5. The molecule has 0 unspecified atom stereocenters. The van der Waals surface area contributed by atoms with Gasteiger partial charge in [-0.2, -0.15) is 0 Å². The van der Waals surface area contributed by atoms with E-state index in [-0.39, 0.29) is 12.1 Å². The van der Waals surface area contributed by atoms with E-state index in [4.69, 9.17) is 17.0 Å². The molecule has 0 saturated carbocycles. The zero-order valence-electron chi connectivity index (χ0n) is 18.6. The van der Waals surface area contributed by atoms with Crippen molar-refractivity contribution in [3.8, 4) is 5.69 Å². The minimum atomic E-state index is -0.0121. The van der Waals surface area contributed by atoms with Crippen molar-refractivity contribution in [3.05, 3.63) is 82.9 Å². The van der Waals surface area contributed by atoms with Crippen molar-refractivity contribution in [1.82, 2.24) is 19.8 Å². The number of ether oxygens (including phenoxy) is 1. The zero-order chi connectivity index (χ0) is 22.0. The smallest absolute Gasteiger partial charge is 0.170 e. The van der Waals surface area contributed by atoms with Crippen molar-refractivity contribution in [2.24, 2.45) is 0 Å². The van der Waals surface area contributed by atoms with E-state index >= 15 is 0 Å². The molecule has 162 valence electrons. The van der Waals surface area contributed by atoms with Crippen molar-refractivity contribution < 1.29 is 4.74 Å². The van der Waals surface area contributed by atoms with Gasteiger partial charge in [-0.1, -0.05) is 25.1 Å². The summed E-state index contributed by atoms with van der Waals surface area (Å²) in [7, 11) is 1.73. The molecule has 0 aliphatic carbocycles. The second-order valence-corrected chi connectivity index (χ2v) is 8.38. The number of hydrogen-bond donors (Lipinski definition) is 1. The van der Waals surface area contributed by atoms with Crippen LogP contribution in [0.4, 0.5) is 0 Å². The number of rotatable bonds is 7. The number of pyridine rings is 1. The number of thiocarbonyl (C=S) groups is 1. The van der Waals surface area contributed by atoms with E-state index in [1.807, 2.05) is 18.3 Å². The zero-order valence-corrected chi connectivity index (χ0v) is 19.4. The van der Waals surface area contributed by atoms with Crippen LogP contribution in [-0.4, -0.2) is 39.8 Å². The molecule has 3 aromatic rings. The van der Waals surface area contributed by atoms with Crippen LogP contribution < -0.4 is 5.32 Å². The topological polar surface area (TPSA) is 42.3 Å². The van der Waals surface area contributed by atoms with E-state index in [1.54, 1.807) is 7.11 Å². The lowest BCUT2D eigenvalue weighted by atomic mass is 9.97. The summed E-state index contributed by atoms with van der Waals surface area (Å²) < 4.78 is 7.71. The van der Waals surface area contributed by atoms with Gasteiger partial charge in [0.1, 0.15) is 0 Å². The van der Waals surface area contributed by atoms with Crippen LogP contribution in [0.3, 0.4) is 0 Å². The molecule has 5 nitrogen and oxygen atoms in total. The van der Waals surface area contributed by atoms with E-state index in [2.05, 4.69) is 76.9 Å². The summed E-state index contributed by atoms with van der Waals surface area (Å²) in [5, 5.41) is 4.26. The molecule has 2 atom stereocenters. The SMILES string of the molecule is CCc1ccc(-n2c(C)cc([C@@H]3[C@@H](c4ccccn4)NC(=S)N3CCOC)c2C)cc1. The van der Waals surface area contributed by atoms with Gasteiger partial charge in [-0.05, 0) is 73.9 Å². The fraction of sp³-hybridized carbons (Fsp3) is 0.360. The second kappa shape index (κ2) is 9.20. The summed E-state index contributed by atoms with van der Waals surface area (Å²) in [6.07, 6.45) is 2.88. The standard InChI is InChI=1S/C25H30N4OS/c1-5-19-9-11-20(12-10-19)29-17(2)16-21(18(29)3)24-23(22-8-6-7-13-26-22)27-25(31)28(24)14-15-30-4/h6-13,16,23-24H,5,14-15H2,1-4H3,(H,27,31)/t23-,24-/m1/s1. The number of nitrogens with one attached hydrogen (secondary N) is 1. The Morgan fingerprint density at radius 1 is 1.13 bits per heavy atom.